The van der Waals surface area contributed by atoms with Gasteiger partial charge in [-0.2, -0.15) is 0 Å². The highest BCUT2D eigenvalue weighted by atomic mass is 16.5. The van der Waals surface area contributed by atoms with Crippen molar-refractivity contribution in [2.24, 2.45) is 5.92 Å². The lowest BCUT2D eigenvalue weighted by molar-refractivity contribution is -0.153. The Morgan fingerprint density at radius 2 is 2.08 bits per heavy atom. The molecule has 1 N–H and O–H groups in total. The third-order valence-electron chi connectivity index (χ3n) is 1.72. The number of esters is 1. The molecular weight excluding hydrogens is 168 g/mol. The van der Waals surface area contributed by atoms with Crippen molar-refractivity contribution in [1.29, 1.82) is 0 Å². The molecule has 0 bridgehead atoms. The maximum Gasteiger partial charge on any atom is 0.315 e. The molecule has 0 rings (SSSR count). The number of hydrogen-bond acceptors (Lipinski definition) is 3. The maximum absolute atomic E-state index is 11.4. The standard InChI is InChI=1S/C10H18O3/c1-6-13-9(11)8(7(2)3)10(4,5)12/h8,12H,2,6H2,1,3-5H3. The molecule has 0 spiro atoms. The minimum atomic E-state index is -1.11. The fourth-order valence-corrected chi connectivity index (χ4v) is 1.32. The van der Waals surface area contributed by atoms with Crippen LogP contribution in [-0.4, -0.2) is 23.3 Å². The first-order valence-corrected chi connectivity index (χ1v) is 4.35. The molecule has 3 nitrogen and oxygen atoms in total. The van der Waals surface area contributed by atoms with Crippen LogP contribution in [0.5, 0.6) is 0 Å². The lowest BCUT2D eigenvalue weighted by Crippen LogP contribution is -2.38. The van der Waals surface area contributed by atoms with Gasteiger partial charge in [0.15, 0.2) is 0 Å². The molecule has 0 aromatic heterocycles. The molecule has 0 saturated carbocycles. The SMILES string of the molecule is C=C(C)C(C(=O)OCC)C(C)(C)O. The van der Waals surface area contributed by atoms with Crippen LogP contribution in [0, 0.1) is 5.92 Å². The highest BCUT2D eigenvalue weighted by Crippen LogP contribution is 2.24. The van der Waals surface area contributed by atoms with E-state index in [9.17, 15) is 9.90 Å². The molecule has 0 aliphatic heterocycles. The zero-order valence-electron chi connectivity index (χ0n) is 8.76. The summed E-state index contributed by atoms with van der Waals surface area (Å²) in [4.78, 5) is 11.4. The average molecular weight is 186 g/mol. The zero-order valence-corrected chi connectivity index (χ0v) is 8.76. The predicted molar refractivity (Wildman–Crippen MR) is 51.2 cm³/mol. The van der Waals surface area contributed by atoms with Crippen molar-refractivity contribution in [3.63, 3.8) is 0 Å². The fourth-order valence-electron chi connectivity index (χ4n) is 1.32. The van der Waals surface area contributed by atoms with Crippen molar-refractivity contribution in [2.75, 3.05) is 6.61 Å². The summed E-state index contributed by atoms with van der Waals surface area (Å²) >= 11 is 0. The van der Waals surface area contributed by atoms with Gasteiger partial charge in [0.2, 0.25) is 0 Å². The molecule has 0 saturated heterocycles. The number of rotatable bonds is 4. The Balaban J connectivity index is 4.63. The van der Waals surface area contributed by atoms with E-state index in [-0.39, 0.29) is 0 Å². The fraction of sp³-hybridized carbons (Fsp3) is 0.700. The smallest absolute Gasteiger partial charge is 0.315 e. The monoisotopic (exact) mass is 186 g/mol. The van der Waals surface area contributed by atoms with E-state index in [1.54, 1.807) is 27.7 Å². The molecule has 1 unspecified atom stereocenters. The minimum Gasteiger partial charge on any atom is -0.465 e. The van der Waals surface area contributed by atoms with Gasteiger partial charge in [0.1, 0.15) is 5.92 Å². The van der Waals surface area contributed by atoms with E-state index in [1.165, 1.54) is 0 Å². The Morgan fingerprint density at radius 3 is 2.31 bits per heavy atom. The van der Waals surface area contributed by atoms with Gasteiger partial charge in [-0.25, -0.2) is 0 Å². The molecule has 0 aliphatic carbocycles. The van der Waals surface area contributed by atoms with Crippen molar-refractivity contribution < 1.29 is 14.6 Å². The van der Waals surface area contributed by atoms with E-state index < -0.39 is 17.5 Å². The van der Waals surface area contributed by atoms with Crippen LogP contribution in [0.1, 0.15) is 27.7 Å². The Morgan fingerprint density at radius 1 is 1.62 bits per heavy atom. The van der Waals surface area contributed by atoms with Gasteiger partial charge in [0, 0.05) is 0 Å². The van der Waals surface area contributed by atoms with Gasteiger partial charge in [0.25, 0.3) is 0 Å². The van der Waals surface area contributed by atoms with Crippen LogP contribution in [0.4, 0.5) is 0 Å². The molecule has 0 radical (unpaired) electrons. The average Bonchev–Trinajstić information content (AvgIpc) is 1.82. The molecule has 0 aromatic rings. The predicted octanol–water partition coefficient (Wildman–Crippen LogP) is 1.51. The van der Waals surface area contributed by atoms with Crippen LogP contribution < -0.4 is 0 Å². The van der Waals surface area contributed by atoms with E-state index in [0.717, 1.165) is 0 Å². The molecule has 13 heavy (non-hydrogen) atoms. The van der Waals surface area contributed by atoms with Gasteiger partial charge in [-0.05, 0) is 27.7 Å². The molecule has 1 atom stereocenters. The lowest BCUT2D eigenvalue weighted by atomic mass is 9.86. The summed E-state index contributed by atoms with van der Waals surface area (Å²) in [7, 11) is 0. The van der Waals surface area contributed by atoms with Gasteiger partial charge in [-0.3, -0.25) is 4.79 Å². The normalized spacial score (nSPS) is 13.6. The minimum absolute atomic E-state index is 0.318. The molecule has 76 valence electrons. The Kier molecular flexibility index (Phi) is 4.14. The van der Waals surface area contributed by atoms with Crippen molar-refractivity contribution >= 4 is 5.97 Å². The molecule has 3 heteroatoms. The summed E-state index contributed by atoms with van der Waals surface area (Å²) in [5.74, 6) is -1.06. The molecule has 0 aliphatic rings. The molecule has 0 aromatic carbocycles. The Bertz CT molecular complexity index is 201. The first-order chi connectivity index (χ1) is 5.80. The Labute approximate surface area is 79.4 Å². The molecule has 0 heterocycles. The first-order valence-electron chi connectivity index (χ1n) is 4.35. The van der Waals surface area contributed by atoms with E-state index in [4.69, 9.17) is 4.74 Å². The van der Waals surface area contributed by atoms with E-state index in [1.807, 2.05) is 0 Å². The molecule has 0 amide bonds. The van der Waals surface area contributed by atoms with Gasteiger partial charge in [0.05, 0.1) is 12.2 Å². The second kappa shape index (κ2) is 4.42. The van der Waals surface area contributed by atoms with Crippen LogP contribution in [0.25, 0.3) is 0 Å². The topological polar surface area (TPSA) is 46.5 Å². The third-order valence-corrected chi connectivity index (χ3v) is 1.72. The summed E-state index contributed by atoms with van der Waals surface area (Å²) in [6.45, 7) is 10.6. The van der Waals surface area contributed by atoms with E-state index in [0.29, 0.717) is 12.2 Å². The summed E-state index contributed by atoms with van der Waals surface area (Å²) < 4.78 is 4.83. The van der Waals surface area contributed by atoms with Crippen LogP contribution >= 0.6 is 0 Å². The zero-order chi connectivity index (χ0) is 10.6. The van der Waals surface area contributed by atoms with Crippen molar-refractivity contribution in [3.8, 4) is 0 Å². The highest BCUT2D eigenvalue weighted by Gasteiger charge is 2.34. The van der Waals surface area contributed by atoms with Crippen LogP contribution in [-0.2, 0) is 9.53 Å². The maximum atomic E-state index is 11.4. The van der Waals surface area contributed by atoms with Crippen LogP contribution in [0.2, 0.25) is 0 Å². The molecular formula is C10H18O3. The van der Waals surface area contributed by atoms with Gasteiger partial charge >= 0.3 is 5.97 Å². The van der Waals surface area contributed by atoms with Gasteiger partial charge in [-0.15, -0.1) is 0 Å². The first kappa shape index (κ1) is 12.2. The number of ether oxygens (including phenoxy) is 1. The Hall–Kier alpha value is -0.830. The summed E-state index contributed by atoms with van der Waals surface area (Å²) in [6.07, 6.45) is 0. The summed E-state index contributed by atoms with van der Waals surface area (Å²) in [6, 6.07) is 0. The molecule has 0 fully saturated rings. The number of carbonyl (C=O) groups is 1. The number of hydrogen-bond donors (Lipinski definition) is 1. The van der Waals surface area contributed by atoms with Crippen molar-refractivity contribution in [2.45, 2.75) is 33.3 Å². The van der Waals surface area contributed by atoms with E-state index in [2.05, 4.69) is 6.58 Å². The number of carbonyl (C=O) groups excluding carboxylic acids is 1. The quantitative estimate of drug-likeness (QED) is 0.534. The lowest BCUT2D eigenvalue weighted by Gasteiger charge is -2.27. The van der Waals surface area contributed by atoms with Gasteiger partial charge in [-0.1, -0.05) is 12.2 Å². The second-order valence-corrected chi connectivity index (χ2v) is 3.69. The van der Waals surface area contributed by atoms with Crippen LogP contribution in [0.15, 0.2) is 12.2 Å². The largest absolute Gasteiger partial charge is 0.465 e. The van der Waals surface area contributed by atoms with Crippen molar-refractivity contribution in [3.05, 3.63) is 12.2 Å². The highest BCUT2D eigenvalue weighted by molar-refractivity contribution is 5.76. The second-order valence-electron chi connectivity index (χ2n) is 3.69. The summed E-state index contributed by atoms with van der Waals surface area (Å²) in [5.41, 5.74) is -0.496. The number of aliphatic hydroxyl groups is 1. The summed E-state index contributed by atoms with van der Waals surface area (Å²) in [5, 5.41) is 9.68. The van der Waals surface area contributed by atoms with Crippen LogP contribution in [0.3, 0.4) is 0 Å². The van der Waals surface area contributed by atoms with Gasteiger partial charge < -0.3 is 9.84 Å². The van der Waals surface area contributed by atoms with Crippen molar-refractivity contribution in [1.82, 2.24) is 0 Å². The third kappa shape index (κ3) is 3.59. The van der Waals surface area contributed by atoms with E-state index >= 15 is 0 Å².